The Morgan fingerprint density at radius 2 is 1.96 bits per heavy atom. The van der Waals surface area contributed by atoms with E-state index in [0.717, 1.165) is 37.2 Å². The van der Waals surface area contributed by atoms with Crippen molar-refractivity contribution in [3.8, 4) is 5.75 Å². The predicted molar refractivity (Wildman–Crippen MR) is 112 cm³/mol. The van der Waals surface area contributed by atoms with Crippen molar-refractivity contribution < 1.29 is 14.6 Å². The number of carbonyl (C=O) groups excluding carboxylic acids is 1. The van der Waals surface area contributed by atoms with Crippen LogP contribution in [-0.4, -0.2) is 42.2 Å². The lowest BCUT2D eigenvalue weighted by atomic mass is 9.90. The monoisotopic (exact) mass is 381 g/mol. The van der Waals surface area contributed by atoms with Crippen LogP contribution >= 0.6 is 0 Å². The number of nitrogens with zero attached hydrogens (tertiary/aromatic N) is 1. The Kier molecular flexibility index (Phi) is 6.40. The number of rotatable bonds is 6. The van der Waals surface area contributed by atoms with Crippen molar-refractivity contribution in [2.75, 3.05) is 26.3 Å². The maximum absolute atomic E-state index is 13.1. The van der Waals surface area contributed by atoms with Gasteiger partial charge in [-0.2, -0.15) is 0 Å². The molecule has 1 heterocycles. The van der Waals surface area contributed by atoms with Gasteiger partial charge in [-0.25, -0.2) is 0 Å². The van der Waals surface area contributed by atoms with Gasteiger partial charge in [0.2, 0.25) is 0 Å². The van der Waals surface area contributed by atoms with E-state index in [4.69, 9.17) is 4.74 Å². The lowest BCUT2D eigenvalue weighted by Gasteiger charge is -2.33. The molecule has 4 nitrogen and oxygen atoms in total. The third kappa shape index (κ3) is 4.93. The molecule has 0 spiro atoms. The van der Waals surface area contributed by atoms with Crippen molar-refractivity contribution in [2.45, 2.75) is 39.5 Å². The molecule has 1 atom stereocenters. The molecule has 1 unspecified atom stereocenters. The Hall–Kier alpha value is -2.33. The van der Waals surface area contributed by atoms with Gasteiger partial charge in [0.25, 0.3) is 5.91 Å². The second-order valence-corrected chi connectivity index (χ2v) is 8.59. The summed E-state index contributed by atoms with van der Waals surface area (Å²) in [5.41, 5.74) is 2.67. The van der Waals surface area contributed by atoms with Crippen LogP contribution in [0.5, 0.6) is 5.75 Å². The molecule has 1 saturated heterocycles. The van der Waals surface area contributed by atoms with Gasteiger partial charge < -0.3 is 14.7 Å². The summed E-state index contributed by atoms with van der Waals surface area (Å²) in [5, 5.41) is 9.38. The highest BCUT2D eigenvalue weighted by Gasteiger charge is 2.26. The molecule has 4 heteroatoms. The van der Waals surface area contributed by atoms with Crippen LogP contribution in [0, 0.1) is 12.3 Å². The van der Waals surface area contributed by atoms with E-state index in [1.165, 1.54) is 5.56 Å². The Bertz CT molecular complexity index is 801. The maximum atomic E-state index is 13.1. The van der Waals surface area contributed by atoms with Gasteiger partial charge in [0, 0.05) is 30.0 Å². The molecular formula is C24H31NO3. The molecule has 1 amide bonds. The SMILES string of the molecule is Cc1cc(C(=O)N2CCCC(c3ccccc3)C2)ccc1OCC(C)(C)CO. The highest BCUT2D eigenvalue weighted by molar-refractivity contribution is 5.94. The van der Waals surface area contributed by atoms with Crippen LogP contribution in [-0.2, 0) is 0 Å². The largest absolute Gasteiger partial charge is 0.493 e. The topological polar surface area (TPSA) is 49.8 Å². The number of aliphatic hydroxyl groups excluding tert-OH is 1. The van der Waals surface area contributed by atoms with Gasteiger partial charge in [-0.15, -0.1) is 0 Å². The van der Waals surface area contributed by atoms with Crippen LogP contribution in [0.15, 0.2) is 48.5 Å². The minimum absolute atomic E-state index is 0.0696. The molecule has 0 aliphatic carbocycles. The molecule has 0 saturated carbocycles. The highest BCUT2D eigenvalue weighted by Crippen LogP contribution is 2.28. The normalized spacial score (nSPS) is 17.4. The summed E-state index contributed by atoms with van der Waals surface area (Å²) < 4.78 is 5.86. The number of aliphatic hydroxyl groups is 1. The Morgan fingerprint density at radius 3 is 2.64 bits per heavy atom. The Morgan fingerprint density at radius 1 is 1.21 bits per heavy atom. The van der Waals surface area contributed by atoms with E-state index in [1.54, 1.807) is 0 Å². The van der Waals surface area contributed by atoms with Crippen molar-refractivity contribution in [3.63, 3.8) is 0 Å². The summed E-state index contributed by atoms with van der Waals surface area (Å²) in [6.07, 6.45) is 2.15. The highest BCUT2D eigenvalue weighted by atomic mass is 16.5. The second kappa shape index (κ2) is 8.78. The summed E-state index contributed by atoms with van der Waals surface area (Å²) in [7, 11) is 0. The fourth-order valence-electron chi connectivity index (χ4n) is 3.60. The maximum Gasteiger partial charge on any atom is 0.253 e. The lowest BCUT2D eigenvalue weighted by molar-refractivity contribution is 0.0707. The summed E-state index contributed by atoms with van der Waals surface area (Å²) in [4.78, 5) is 15.0. The molecule has 1 fully saturated rings. The Balaban J connectivity index is 1.67. The number of piperidine rings is 1. The van der Waals surface area contributed by atoms with Gasteiger partial charge in [-0.1, -0.05) is 44.2 Å². The number of hydrogen-bond acceptors (Lipinski definition) is 3. The van der Waals surface area contributed by atoms with E-state index < -0.39 is 0 Å². The first-order chi connectivity index (χ1) is 13.4. The second-order valence-electron chi connectivity index (χ2n) is 8.59. The number of ether oxygens (including phenoxy) is 1. The summed E-state index contributed by atoms with van der Waals surface area (Å²) in [6, 6.07) is 16.1. The molecule has 2 aromatic rings. The van der Waals surface area contributed by atoms with Gasteiger partial charge in [0.15, 0.2) is 0 Å². The van der Waals surface area contributed by atoms with Gasteiger partial charge in [0.1, 0.15) is 5.75 Å². The van der Waals surface area contributed by atoms with E-state index in [-0.39, 0.29) is 17.9 Å². The summed E-state index contributed by atoms with van der Waals surface area (Å²) >= 11 is 0. The fraction of sp³-hybridized carbons (Fsp3) is 0.458. The standard InChI is InChI=1S/C24H31NO3/c1-18-14-20(11-12-22(18)28-17-24(2,3)16-26)23(27)25-13-7-10-21(15-25)19-8-5-4-6-9-19/h4-6,8-9,11-12,14,21,26H,7,10,13,15-17H2,1-3H3. The molecule has 0 radical (unpaired) electrons. The summed E-state index contributed by atoms with van der Waals surface area (Å²) in [6.45, 7) is 7.96. The quantitative estimate of drug-likeness (QED) is 0.806. The summed E-state index contributed by atoms with van der Waals surface area (Å²) in [5.74, 6) is 1.26. The van der Waals surface area contributed by atoms with Gasteiger partial charge >= 0.3 is 0 Å². The number of aryl methyl sites for hydroxylation is 1. The molecule has 1 aliphatic heterocycles. The van der Waals surface area contributed by atoms with Gasteiger partial charge in [-0.05, 0) is 49.1 Å². The number of benzene rings is 2. The van der Waals surface area contributed by atoms with Crippen LogP contribution in [0.2, 0.25) is 0 Å². The van der Waals surface area contributed by atoms with Crippen LogP contribution < -0.4 is 4.74 Å². The zero-order valence-corrected chi connectivity index (χ0v) is 17.1. The minimum atomic E-state index is -0.290. The first-order valence-corrected chi connectivity index (χ1v) is 10.1. The fourth-order valence-corrected chi connectivity index (χ4v) is 3.60. The number of carbonyl (C=O) groups is 1. The first kappa shape index (κ1) is 20.4. The zero-order valence-electron chi connectivity index (χ0n) is 17.1. The van der Waals surface area contributed by atoms with Crippen LogP contribution in [0.1, 0.15) is 54.1 Å². The molecule has 0 aromatic heterocycles. The van der Waals surface area contributed by atoms with Crippen molar-refractivity contribution >= 4 is 5.91 Å². The van der Waals surface area contributed by atoms with E-state index >= 15 is 0 Å². The molecule has 1 N–H and O–H groups in total. The molecule has 150 valence electrons. The van der Waals surface area contributed by atoms with Crippen LogP contribution in [0.3, 0.4) is 0 Å². The average Bonchev–Trinajstić information content (AvgIpc) is 2.73. The third-order valence-corrected chi connectivity index (χ3v) is 5.45. The number of likely N-dealkylation sites (tertiary alicyclic amines) is 1. The molecular weight excluding hydrogens is 350 g/mol. The van der Waals surface area contributed by atoms with Crippen molar-refractivity contribution in [1.29, 1.82) is 0 Å². The molecule has 28 heavy (non-hydrogen) atoms. The molecule has 0 bridgehead atoms. The Labute approximate surface area is 168 Å². The molecule has 1 aliphatic rings. The predicted octanol–water partition coefficient (Wildman–Crippen LogP) is 4.41. The smallest absolute Gasteiger partial charge is 0.253 e. The van der Waals surface area contributed by atoms with Gasteiger partial charge in [-0.3, -0.25) is 4.79 Å². The van der Waals surface area contributed by atoms with Gasteiger partial charge in [0.05, 0.1) is 13.2 Å². The van der Waals surface area contributed by atoms with Crippen LogP contribution in [0.25, 0.3) is 0 Å². The zero-order chi connectivity index (χ0) is 20.1. The van der Waals surface area contributed by atoms with E-state index in [9.17, 15) is 9.90 Å². The van der Waals surface area contributed by atoms with E-state index in [0.29, 0.717) is 18.1 Å². The molecule has 3 rings (SSSR count). The molecule has 2 aromatic carbocycles. The minimum Gasteiger partial charge on any atom is -0.493 e. The van der Waals surface area contributed by atoms with Crippen LogP contribution in [0.4, 0.5) is 0 Å². The van der Waals surface area contributed by atoms with Crippen molar-refractivity contribution in [1.82, 2.24) is 4.90 Å². The van der Waals surface area contributed by atoms with E-state index in [2.05, 4.69) is 24.3 Å². The third-order valence-electron chi connectivity index (χ3n) is 5.45. The lowest BCUT2D eigenvalue weighted by Crippen LogP contribution is -2.39. The number of amides is 1. The van der Waals surface area contributed by atoms with Crippen molar-refractivity contribution in [2.24, 2.45) is 5.41 Å². The van der Waals surface area contributed by atoms with Crippen molar-refractivity contribution in [3.05, 3.63) is 65.2 Å². The van der Waals surface area contributed by atoms with E-state index in [1.807, 2.05) is 49.9 Å². The first-order valence-electron chi connectivity index (χ1n) is 10.1. The average molecular weight is 382 g/mol. The number of hydrogen-bond donors (Lipinski definition) is 1.